The molecule has 0 aliphatic heterocycles. The van der Waals surface area contributed by atoms with Gasteiger partial charge in [0.15, 0.2) is 0 Å². The summed E-state index contributed by atoms with van der Waals surface area (Å²) in [4.78, 5) is 12.5. The van der Waals surface area contributed by atoms with Crippen molar-refractivity contribution >= 4 is 5.78 Å². The van der Waals surface area contributed by atoms with E-state index in [1.165, 1.54) is 5.57 Å². The van der Waals surface area contributed by atoms with Crippen LogP contribution in [0.5, 0.6) is 0 Å². The Hall–Kier alpha value is -0.670. The van der Waals surface area contributed by atoms with Crippen molar-refractivity contribution in [2.75, 3.05) is 7.11 Å². The van der Waals surface area contributed by atoms with Crippen molar-refractivity contribution in [3.8, 4) is 0 Å². The number of ether oxygens (including phenoxy) is 1. The average Bonchev–Trinajstić information content (AvgIpc) is 2.83. The van der Waals surface area contributed by atoms with Gasteiger partial charge in [-0.15, -0.1) is 0 Å². The van der Waals surface area contributed by atoms with Gasteiger partial charge in [0.2, 0.25) is 0 Å². The molecule has 0 radical (unpaired) electrons. The predicted molar refractivity (Wildman–Crippen MR) is 88.9 cm³/mol. The van der Waals surface area contributed by atoms with Gasteiger partial charge in [0, 0.05) is 18.9 Å². The number of methoxy groups -OCH3 is 1. The molecule has 1 N–H and O–H groups in total. The summed E-state index contributed by atoms with van der Waals surface area (Å²) in [5.41, 5.74) is 1.51. The van der Waals surface area contributed by atoms with Crippen molar-refractivity contribution in [2.45, 2.75) is 71.0 Å². The first-order valence-electron chi connectivity index (χ1n) is 9.35. The lowest BCUT2D eigenvalue weighted by molar-refractivity contribution is -0.141. The lowest BCUT2D eigenvalue weighted by Crippen LogP contribution is -2.56. The summed E-state index contributed by atoms with van der Waals surface area (Å²) in [5, 5.41) is 10.1. The van der Waals surface area contributed by atoms with Crippen molar-refractivity contribution in [1.29, 1.82) is 0 Å². The van der Waals surface area contributed by atoms with Gasteiger partial charge in [0.1, 0.15) is 5.78 Å². The van der Waals surface area contributed by atoms with Crippen LogP contribution in [0.1, 0.15) is 58.8 Å². The standard InChI is InChI=1S/C20H30O3/c1-19-8-6-13(21)10-12(19)11-16(23-3)18-14-4-5-17(22)20(14,2)9-7-15(18)19/h10,13-16,18,21H,4-9,11H2,1-3H3/t13?,14-,15+,16?,18-,19-,20-/m0/s1. The van der Waals surface area contributed by atoms with Crippen molar-refractivity contribution in [3.05, 3.63) is 11.6 Å². The van der Waals surface area contributed by atoms with Gasteiger partial charge in [-0.05, 0) is 61.7 Å². The summed E-state index contributed by atoms with van der Waals surface area (Å²) >= 11 is 0. The molecule has 0 aromatic rings. The monoisotopic (exact) mass is 318 g/mol. The van der Waals surface area contributed by atoms with Gasteiger partial charge in [-0.2, -0.15) is 0 Å². The van der Waals surface area contributed by atoms with E-state index >= 15 is 0 Å². The Morgan fingerprint density at radius 1 is 1.13 bits per heavy atom. The highest BCUT2D eigenvalue weighted by Gasteiger charge is 2.61. The Kier molecular flexibility index (Phi) is 3.55. The normalized spacial score (nSPS) is 52.4. The third kappa shape index (κ3) is 2.05. The number of carbonyl (C=O) groups is 1. The Morgan fingerprint density at radius 3 is 2.57 bits per heavy atom. The molecule has 128 valence electrons. The molecule has 0 spiro atoms. The summed E-state index contributed by atoms with van der Waals surface area (Å²) in [5.74, 6) is 2.08. The van der Waals surface area contributed by atoms with Crippen LogP contribution >= 0.6 is 0 Å². The summed E-state index contributed by atoms with van der Waals surface area (Å²) in [6.07, 6.45) is 8.91. The fourth-order valence-corrected chi connectivity index (χ4v) is 6.66. The van der Waals surface area contributed by atoms with Crippen molar-refractivity contribution in [2.24, 2.45) is 28.6 Å². The van der Waals surface area contributed by atoms with Crippen LogP contribution in [0, 0.1) is 28.6 Å². The molecule has 0 bridgehead atoms. The molecule has 0 heterocycles. The highest BCUT2D eigenvalue weighted by molar-refractivity contribution is 5.87. The van der Waals surface area contributed by atoms with Gasteiger partial charge in [0.05, 0.1) is 12.2 Å². The van der Waals surface area contributed by atoms with Crippen molar-refractivity contribution in [1.82, 2.24) is 0 Å². The zero-order valence-corrected chi connectivity index (χ0v) is 14.7. The van der Waals surface area contributed by atoms with Crippen LogP contribution in [0.15, 0.2) is 11.6 Å². The van der Waals surface area contributed by atoms with E-state index in [0.29, 0.717) is 23.5 Å². The zero-order chi connectivity index (χ0) is 16.4. The van der Waals surface area contributed by atoms with Crippen molar-refractivity contribution in [3.63, 3.8) is 0 Å². The zero-order valence-electron chi connectivity index (χ0n) is 14.7. The minimum Gasteiger partial charge on any atom is -0.389 e. The molecule has 3 nitrogen and oxygen atoms in total. The quantitative estimate of drug-likeness (QED) is 0.753. The third-order valence-electron chi connectivity index (χ3n) is 8.10. The molecule has 7 atom stereocenters. The Labute approximate surface area is 139 Å². The smallest absolute Gasteiger partial charge is 0.139 e. The number of aliphatic hydroxyl groups is 1. The molecule has 23 heavy (non-hydrogen) atoms. The lowest BCUT2D eigenvalue weighted by Gasteiger charge is -2.59. The van der Waals surface area contributed by atoms with E-state index in [2.05, 4.69) is 19.9 Å². The second-order valence-corrected chi connectivity index (χ2v) is 8.90. The number of ketones is 1. The van der Waals surface area contributed by atoms with E-state index in [1.54, 1.807) is 0 Å². The summed E-state index contributed by atoms with van der Waals surface area (Å²) in [6.45, 7) is 4.63. The van der Waals surface area contributed by atoms with E-state index in [-0.39, 0.29) is 23.0 Å². The van der Waals surface area contributed by atoms with Crippen LogP contribution in [0.2, 0.25) is 0 Å². The Bertz CT molecular complexity index is 553. The molecule has 0 saturated heterocycles. The number of hydrogen-bond acceptors (Lipinski definition) is 3. The molecule has 0 amide bonds. The molecule has 2 unspecified atom stereocenters. The number of hydrogen-bond donors (Lipinski definition) is 1. The molecular formula is C20H30O3. The summed E-state index contributed by atoms with van der Waals surface area (Å²) < 4.78 is 5.94. The third-order valence-corrected chi connectivity index (χ3v) is 8.10. The fourth-order valence-electron chi connectivity index (χ4n) is 6.66. The Morgan fingerprint density at radius 2 is 1.83 bits per heavy atom. The van der Waals surface area contributed by atoms with Crippen LogP contribution in [0.3, 0.4) is 0 Å². The second-order valence-electron chi connectivity index (χ2n) is 8.90. The summed E-state index contributed by atoms with van der Waals surface area (Å²) in [7, 11) is 1.83. The number of rotatable bonds is 1. The predicted octanol–water partition coefficient (Wildman–Crippen LogP) is 3.50. The largest absolute Gasteiger partial charge is 0.389 e. The topological polar surface area (TPSA) is 46.5 Å². The molecule has 3 fully saturated rings. The van der Waals surface area contributed by atoms with Gasteiger partial charge in [0.25, 0.3) is 0 Å². The van der Waals surface area contributed by atoms with E-state index in [4.69, 9.17) is 4.74 Å². The molecule has 4 aliphatic carbocycles. The molecule has 3 heteroatoms. The average molecular weight is 318 g/mol. The van der Waals surface area contributed by atoms with Gasteiger partial charge in [-0.1, -0.05) is 25.5 Å². The fraction of sp³-hybridized carbons (Fsp3) is 0.850. The minimum absolute atomic E-state index is 0.107. The van der Waals surface area contributed by atoms with Crippen LogP contribution in [-0.2, 0) is 9.53 Å². The van der Waals surface area contributed by atoms with E-state index in [0.717, 1.165) is 44.9 Å². The lowest BCUT2D eigenvalue weighted by atomic mass is 9.46. The van der Waals surface area contributed by atoms with Gasteiger partial charge < -0.3 is 9.84 Å². The maximum absolute atomic E-state index is 12.5. The maximum atomic E-state index is 12.5. The van der Waals surface area contributed by atoms with Crippen LogP contribution < -0.4 is 0 Å². The second kappa shape index (κ2) is 5.16. The molecule has 3 saturated carbocycles. The number of fused-ring (bicyclic) bond motifs is 5. The number of Topliss-reactive ketones (excluding diaryl/α,β-unsaturated/α-hetero) is 1. The van der Waals surface area contributed by atoms with Crippen molar-refractivity contribution < 1.29 is 14.6 Å². The maximum Gasteiger partial charge on any atom is 0.139 e. The molecular weight excluding hydrogens is 288 g/mol. The number of aliphatic hydroxyl groups excluding tert-OH is 1. The summed E-state index contributed by atoms with van der Waals surface area (Å²) in [6, 6.07) is 0. The molecule has 4 aliphatic rings. The minimum atomic E-state index is -0.283. The molecule has 4 rings (SSSR count). The van der Waals surface area contributed by atoms with Gasteiger partial charge in [-0.25, -0.2) is 0 Å². The van der Waals surface area contributed by atoms with E-state index in [1.807, 2.05) is 7.11 Å². The first-order valence-corrected chi connectivity index (χ1v) is 9.35. The number of carbonyl (C=O) groups excluding carboxylic acids is 1. The van der Waals surface area contributed by atoms with Crippen LogP contribution in [0.4, 0.5) is 0 Å². The first-order chi connectivity index (χ1) is 10.9. The highest BCUT2D eigenvalue weighted by Crippen LogP contribution is 2.64. The van der Waals surface area contributed by atoms with Gasteiger partial charge in [-0.3, -0.25) is 4.79 Å². The van der Waals surface area contributed by atoms with Crippen LogP contribution in [-0.4, -0.2) is 30.2 Å². The Balaban J connectivity index is 1.75. The molecule has 0 aromatic heterocycles. The van der Waals surface area contributed by atoms with E-state index in [9.17, 15) is 9.90 Å². The highest BCUT2D eigenvalue weighted by atomic mass is 16.5. The molecule has 0 aromatic carbocycles. The van der Waals surface area contributed by atoms with Crippen LogP contribution in [0.25, 0.3) is 0 Å². The van der Waals surface area contributed by atoms with Gasteiger partial charge >= 0.3 is 0 Å². The first kappa shape index (κ1) is 15.8. The van der Waals surface area contributed by atoms with E-state index < -0.39 is 0 Å². The SMILES string of the molecule is COC1CC2=CC(O)CC[C@]2(C)[C@@H]2CC[C@]3(C)C(=O)CC[C@H]3[C@H]12.